The number of ether oxygens (including phenoxy) is 2. The van der Waals surface area contributed by atoms with Crippen molar-refractivity contribution < 1.29 is 32.2 Å². The van der Waals surface area contributed by atoms with Crippen molar-refractivity contribution in [1.29, 1.82) is 0 Å². The van der Waals surface area contributed by atoms with E-state index in [9.17, 15) is 22.8 Å². The van der Waals surface area contributed by atoms with E-state index in [4.69, 9.17) is 4.74 Å². The molecule has 9 heteroatoms. The highest BCUT2D eigenvalue weighted by Crippen LogP contribution is 2.32. The van der Waals surface area contributed by atoms with Gasteiger partial charge in [-0.15, -0.1) is 0 Å². The molecule has 1 saturated carbocycles. The first-order valence-electron chi connectivity index (χ1n) is 12.5. The first kappa shape index (κ1) is 26.6. The third-order valence-corrected chi connectivity index (χ3v) is 6.80. The Kier molecular flexibility index (Phi) is 8.41. The number of alkyl halides is 3. The van der Waals surface area contributed by atoms with Crippen LogP contribution in [-0.4, -0.2) is 36.2 Å². The Morgan fingerprint density at radius 3 is 2.51 bits per heavy atom. The standard InChI is InChI=1S/C28H31F3N2O4/c1-18-21(24-15-20(11-12-25(24)33-18)36-16-19-7-3-2-4-8-19)13-14-32-26(34)22-9-5-6-10-23(22)27(35)37-17-28(29,30)31/h2-4,7-8,11-12,15,22-23,33H,5-6,9-10,13-14,16-17H2,1H3,(H,32,34)/t22-,23-/m1/s1. The van der Waals surface area contributed by atoms with Gasteiger partial charge in [-0.05, 0) is 55.5 Å². The van der Waals surface area contributed by atoms with Crippen molar-refractivity contribution in [1.82, 2.24) is 10.3 Å². The number of halogens is 3. The van der Waals surface area contributed by atoms with Crippen LogP contribution in [-0.2, 0) is 27.4 Å². The molecule has 0 bridgehead atoms. The number of carbonyl (C=O) groups excluding carboxylic acids is 2. The molecule has 198 valence electrons. The molecule has 0 saturated heterocycles. The van der Waals surface area contributed by atoms with Gasteiger partial charge in [-0.25, -0.2) is 0 Å². The molecule has 1 aromatic heterocycles. The minimum atomic E-state index is -4.59. The van der Waals surface area contributed by atoms with E-state index in [0.29, 0.717) is 38.8 Å². The monoisotopic (exact) mass is 516 g/mol. The van der Waals surface area contributed by atoms with Crippen molar-refractivity contribution in [2.75, 3.05) is 13.2 Å². The molecule has 2 N–H and O–H groups in total. The van der Waals surface area contributed by atoms with Crippen LogP contribution in [0.1, 0.15) is 42.5 Å². The van der Waals surface area contributed by atoms with Crippen molar-refractivity contribution in [3.05, 3.63) is 65.4 Å². The Morgan fingerprint density at radius 1 is 1.05 bits per heavy atom. The van der Waals surface area contributed by atoms with Crippen molar-refractivity contribution in [3.8, 4) is 5.75 Å². The molecule has 2 atom stereocenters. The number of hydrogen-bond donors (Lipinski definition) is 2. The van der Waals surface area contributed by atoms with E-state index in [0.717, 1.165) is 39.9 Å². The molecule has 1 aliphatic rings. The molecule has 0 spiro atoms. The van der Waals surface area contributed by atoms with Crippen LogP contribution in [0.3, 0.4) is 0 Å². The minimum absolute atomic E-state index is 0.321. The molecular weight excluding hydrogens is 485 g/mol. The predicted molar refractivity (Wildman–Crippen MR) is 133 cm³/mol. The molecule has 1 aliphatic carbocycles. The van der Waals surface area contributed by atoms with Gasteiger partial charge in [-0.3, -0.25) is 9.59 Å². The van der Waals surface area contributed by atoms with E-state index in [-0.39, 0.29) is 5.91 Å². The van der Waals surface area contributed by atoms with Crippen LogP contribution >= 0.6 is 0 Å². The summed E-state index contributed by atoms with van der Waals surface area (Å²) in [5, 5.41) is 3.89. The van der Waals surface area contributed by atoms with Gasteiger partial charge in [0.05, 0.1) is 11.8 Å². The maximum Gasteiger partial charge on any atom is 0.422 e. The lowest BCUT2D eigenvalue weighted by Gasteiger charge is -2.29. The number of hydrogen-bond acceptors (Lipinski definition) is 4. The number of aromatic nitrogens is 1. The van der Waals surface area contributed by atoms with Crippen LogP contribution < -0.4 is 10.1 Å². The molecule has 4 rings (SSSR count). The number of fused-ring (bicyclic) bond motifs is 1. The highest BCUT2D eigenvalue weighted by molar-refractivity contribution is 5.87. The Bertz CT molecular complexity index is 1220. The largest absolute Gasteiger partial charge is 0.489 e. The van der Waals surface area contributed by atoms with Gasteiger partial charge in [0.2, 0.25) is 5.91 Å². The zero-order valence-corrected chi connectivity index (χ0v) is 20.7. The van der Waals surface area contributed by atoms with E-state index in [1.165, 1.54) is 0 Å². The van der Waals surface area contributed by atoms with Gasteiger partial charge in [-0.2, -0.15) is 13.2 Å². The summed E-state index contributed by atoms with van der Waals surface area (Å²) < 4.78 is 47.8. The molecule has 3 aromatic rings. The summed E-state index contributed by atoms with van der Waals surface area (Å²) in [7, 11) is 0. The lowest BCUT2D eigenvalue weighted by atomic mass is 9.78. The number of rotatable bonds is 9. The summed E-state index contributed by atoms with van der Waals surface area (Å²) in [5.41, 5.74) is 4.06. The average molecular weight is 517 g/mol. The topological polar surface area (TPSA) is 80.4 Å². The number of H-pyrrole nitrogens is 1. The quantitative estimate of drug-likeness (QED) is 0.362. The number of aromatic amines is 1. The molecule has 0 unspecified atom stereocenters. The Hall–Kier alpha value is -3.49. The second kappa shape index (κ2) is 11.7. The highest BCUT2D eigenvalue weighted by atomic mass is 19.4. The summed E-state index contributed by atoms with van der Waals surface area (Å²) >= 11 is 0. The van der Waals surface area contributed by atoms with Gasteiger partial charge >= 0.3 is 12.1 Å². The first-order valence-corrected chi connectivity index (χ1v) is 12.5. The van der Waals surface area contributed by atoms with Gasteiger partial charge in [0.25, 0.3) is 0 Å². The summed E-state index contributed by atoms with van der Waals surface area (Å²) in [6.45, 7) is 1.13. The lowest BCUT2D eigenvalue weighted by molar-refractivity contribution is -0.191. The molecular formula is C28H31F3N2O4. The summed E-state index contributed by atoms with van der Waals surface area (Å²) in [6.07, 6.45) is -1.82. The number of benzene rings is 2. The zero-order chi connectivity index (χ0) is 26.4. The van der Waals surface area contributed by atoms with Gasteiger partial charge in [-0.1, -0.05) is 43.2 Å². The van der Waals surface area contributed by atoms with Crippen molar-refractivity contribution in [2.45, 2.75) is 51.8 Å². The molecule has 37 heavy (non-hydrogen) atoms. The third-order valence-electron chi connectivity index (χ3n) is 6.80. The van der Waals surface area contributed by atoms with E-state index >= 15 is 0 Å². The highest BCUT2D eigenvalue weighted by Gasteiger charge is 2.38. The normalized spacial score (nSPS) is 17.9. The van der Waals surface area contributed by atoms with Gasteiger partial charge < -0.3 is 19.8 Å². The fourth-order valence-corrected chi connectivity index (χ4v) is 4.94. The Balaban J connectivity index is 1.36. The third kappa shape index (κ3) is 7.05. The van der Waals surface area contributed by atoms with Crippen molar-refractivity contribution in [3.63, 3.8) is 0 Å². The fraction of sp³-hybridized carbons (Fsp3) is 0.429. The van der Waals surface area contributed by atoms with Gasteiger partial charge in [0, 0.05) is 23.1 Å². The van der Waals surface area contributed by atoms with Crippen molar-refractivity contribution >= 4 is 22.8 Å². The maximum absolute atomic E-state index is 12.9. The predicted octanol–water partition coefficient (Wildman–Crippen LogP) is 5.63. The van der Waals surface area contributed by atoms with Crippen LogP contribution in [0.15, 0.2) is 48.5 Å². The molecule has 1 amide bonds. The number of carbonyl (C=O) groups is 2. The van der Waals surface area contributed by atoms with Gasteiger partial charge in [0.1, 0.15) is 12.4 Å². The van der Waals surface area contributed by atoms with Crippen molar-refractivity contribution in [2.24, 2.45) is 11.8 Å². The fourth-order valence-electron chi connectivity index (χ4n) is 4.94. The number of aryl methyl sites for hydroxylation is 1. The van der Waals surface area contributed by atoms with E-state index in [1.807, 2.05) is 55.5 Å². The summed E-state index contributed by atoms with van der Waals surface area (Å²) in [5.74, 6) is -2.07. The minimum Gasteiger partial charge on any atom is -0.489 e. The van der Waals surface area contributed by atoms with Crippen LogP contribution in [0.2, 0.25) is 0 Å². The smallest absolute Gasteiger partial charge is 0.422 e. The lowest BCUT2D eigenvalue weighted by Crippen LogP contribution is -2.41. The molecule has 1 heterocycles. The van der Waals surface area contributed by atoms with Gasteiger partial charge in [0.15, 0.2) is 6.61 Å². The summed E-state index contributed by atoms with van der Waals surface area (Å²) in [6, 6.07) is 15.7. The van der Waals surface area contributed by atoms with Crippen LogP contribution in [0.4, 0.5) is 13.2 Å². The first-order chi connectivity index (χ1) is 17.7. The van der Waals surface area contributed by atoms with E-state index in [1.54, 1.807) is 0 Å². The summed E-state index contributed by atoms with van der Waals surface area (Å²) in [4.78, 5) is 28.5. The Labute approximate surface area is 213 Å². The number of amides is 1. The maximum atomic E-state index is 12.9. The number of nitrogens with one attached hydrogen (secondary N) is 2. The number of esters is 1. The molecule has 1 fully saturated rings. The second-order valence-electron chi connectivity index (χ2n) is 9.47. The van der Waals surface area contributed by atoms with Crippen LogP contribution in [0.5, 0.6) is 5.75 Å². The molecule has 0 aliphatic heterocycles. The molecule has 0 radical (unpaired) electrons. The van der Waals surface area contributed by atoms with E-state index in [2.05, 4.69) is 15.0 Å². The Morgan fingerprint density at radius 2 is 1.78 bits per heavy atom. The SMILES string of the molecule is Cc1[nH]c2ccc(OCc3ccccc3)cc2c1CCNC(=O)[C@@H]1CCCC[C@H]1C(=O)OCC(F)(F)F. The van der Waals surface area contributed by atoms with Crippen LogP contribution in [0.25, 0.3) is 10.9 Å². The average Bonchev–Trinajstić information content (AvgIpc) is 3.20. The van der Waals surface area contributed by atoms with E-state index < -0.39 is 30.6 Å². The van der Waals surface area contributed by atoms with Crippen LogP contribution in [0, 0.1) is 18.8 Å². The zero-order valence-electron chi connectivity index (χ0n) is 20.7. The second-order valence-corrected chi connectivity index (χ2v) is 9.47. The molecule has 6 nitrogen and oxygen atoms in total. The molecule has 2 aromatic carbocycles.